The molecule has 134 valence electrons. The fourth-order valence-electron chi connectivity index (χ4n) is 3.65. The average Bonchev–Trinajstić information content (AvgIpc) is 3.29. The number of para-hydroxylation sites is 2. The molecule has 5 heteroatoms. The molecule has 1 aliphatic rings. The molecule has 1 fully saturated rings. The number of amides is 1. The van der Waals surface area contributed by atoms with Crippen LogP contribution in [0.25, 0.3) is 10.2 Å². The molecular weight excluding hydrogens is 342 g/mol. The van der Waals surface area contributed by atoms with E-state index in [9.17, 15) is 4.79 Å². The summed E-state index contributed by atoms with van der Waals surface area (Å²) in [7, 11) is 0. The van der Waals surface area contributed by atoms with Gasteiger partial charge in [0.1, 0.15) is 5.01 Å². The standard InChI is InChI=1S/C21H23N3OS/c1-14-8-3-4-9-16(14)22-20(25)15(2)24-13-7-11-18(24)21-23-17-10-5-6-12-19(17)26-21/h3-6,8-10,12,15,18H,7,11,13H2,1-2H3,(H,22,25). The third-order valence-electron chi connectivity index (χ3n) is 5.17. The molecule has 4 nitrogen and oxygen atoms in total. The maximum atomic E-state index is 12.8. The van der Waals surface area contributed by atoms with Crippen LogP contribution in [0.1, 0.15) is 36.4 Å². The highest BCUT2D eigenvalue weighted by molar-refractivity contribution is 7.18. The van der Waals surface area contributed by atoms with E-state index in [1.165, 1.54) is 4.70 Å². The molecule has 4 rings (SSSR count). The summed E-state index contributed by atoms with van der Waals surface area (Å²) in [4.78, 5) is 20.0. The van der Waals surface area contributed by atoms with Crippen molar-refractivity contribution in [2.24, 2.45) is 0 Å². The van der Waals surface area contributed by atoms with E-state index in [-0.39, 0.29) is 18.0 Å². The van der Waals surface area contributed by atoms with Crippen molar-refractivity contribution in [2.45, 2.75) is 38.8 Å². The first kappa shape index (κ1) is 17.2. The summed E-state index contributed by atoms with van der Waals surface area (Å²) in [6.45, 7) is 4.95. The van der Waals surface area contributed by atoms with Gasteiger partial charge in [-0.05, 0) is 57.0 Å². The summed E-state index contributed by atoms with van der Waals surface area (Å²) < 4.78 is 1.21. The van der Waals surface area contributed by atoms with Gasteiger partial charge in [-0.1, -0.05) is 30.3 Å². The fourth-order valence-corrected chi connectivity index (χ4v) is 4.77. The largest absolute Gasteiger partial charge is 0.324 e. The lowest BCUT2D eigenvalue weighted by molar-refractivity contribution is -0.121. The Balaban J connectivity index is 1.53. The predicted molar refractivity (Wildman–Crippen MR) is 108 cm³/mol. The molecule has 1 saturated heterocycles. The molecule has 1 N–H and O–H groups in total. The number of benzene rings is 2. The van der Waals surface area contributed by atoms with Crippen LogP contribution in [0.3, 0.4) is 0 Å². The minimum atomic E-state index is -0.186. The smallest absolute Gasteiger partial charge is 0.241 e. The Labute approximate surface area is 157 Å². The third kappa shape index (κ3) is 3.24. The molecular formula is C21H23N3OS. The number of hydrogen-bond acceptors (Lipinski definition) is 4. The lowest BCUT2D eigenvalue weighted by atomic mass is 10.1. The molecule has 0 spiro atoms. The predicted octanol–water partition coefficient (Wildman–Crippen LogP) is 4.77. The van der Waals surface area contributed by atoms with E-state index in [0.717, 1.165) is 41.2 Å². The molecule has 0 radical (unpaired) electrons. The van der Waals surface area contributed by atoms with E-state index in [4.69, 9.17) is 4.98 Å². The van der Waals surface area contributed by atoms with Crippen molar-refractivity contribution >= 4 is 33.1 Å². The van der Waals surface area contributed by atoms with Gasteiger partial charge in [-0.25, -0.2) is 4.98 Å². The summed E-state index contributed by atoms with van der Waals surface area (Å²) >= 11 is 1.75. The lowest BCUT2D eigenvalue weighted by Crippen LogP contribution is -2.41. The van der Waals surface area contributed by atoms with Gasteiger partial charge in [0, 0.05) is 5.69 Å². The Kier molecular flexibility index (Phi) is 4.74. The summed E-state index contributed by atoms with van der Waals surface area (Å²) in [5.41, 5.74) is 3.02. The number of likely N-dealkylation sites (tertiary alicyclic amines) is 1. The van der Waals surface area contributed by atoms with Crippen molar-refractivity contribution in [3.8, 4) is 0 Å². The molecule has 0 aliphatic carbocycles. The number of carbonyl (C=O) groups is 1. The number of thiazole rings is 1. The quantitative estimate of drug-likeness (QED) is 0.724. The molecule has 0 saturated carbocycles. The van der Waals surface area contributed by atoms with E-state index in [2.05, 4.69) is 28.4 Å². The van der Waals surface area contributed by atoms with Crippen LogP contribution in [-0.2, 0) is 4.79 Å². The van der Waals surface area contributed by atoms with Crippen LogP contribution < -0.4 is 5.32 Å². The number of aromatic nitrogens is 1. The van der Waals surface area contributed by atoms with Crippen LogP contribution in [0.15, 0.2) is 48.5 Å². The lowest BCUT2D eigenvalue weighted by Gasteiger charge is -2.28. The van der Waals surface area contributed by atoms with Gasteiger partial charge in [-0.15, -0.1) is 11.3 Å². The monoisotopic (exact) mass is 365 g/mol. The summed E-state index contributed by atoms with van der Waals surface area (Å²) in [5.74, 6) is 0.0484. The second-order valence-corrected chi connectivity index (χ2v) is 7.96. The zero-order valence-corrected chi connectivity index (χ0v) is 15.9. The van der Waals surface area contributed by atoms with Crippen LogP contribution in [-0.4, -0.2) is 28.4 Å². The van der Waals surface area contributed by atoms with Gasteiger partial charge in [0.05, 0.1) is 22.3 Å². The van der Waals surface area contributed by atoms with Gasteiger partial charge >= 0.3 is 0 Å². The van der Waals surface area contributed by atoms with Crippen LogP contribution in [0, 0.1) is 6.92 Å². The highest BCUT2D eigenvalue weighted by Crippen LogP contribution is 2.37. The minimum absolute atomic E-state index is 0.0484. The summed E-state index contributed by atoms with van der Waals surface area (Å²) in [6.07, 6.45) is 2.16. The fraction of sp³-hybridized carbons (Fsp3) is 0.333. The number of nitrogens with one attached hydrogen (secondary N) is 1. The van der Waals surface area contributed by atoms with Crippen LogP contribution in [0.5, 0.6) is 0 Å². The number of nitrogens with zero attached hydrogens (tertiary/aromatic N) is 2. The highest BCUT2D eigenvalue weighted by atomic mass is 32.1. The van der Waals surface area contributed by atoms with Crippen molar-refractivity contribution in [1.82, 2.24) is 9.88 Å². The molecule has 2 heterocycles. The Hall–Kier alpha value is -2.24. The number of rotatable bonds is 4. The van der Waals surface area contributed by atoms with Crippen LogP contribution in [0.4, 0.5) is 5.69 Å². The van der Waals surface area contributed by atoms with Crippen LogP contribution in [0.2, 0.25) is 0 Å². The maximum absolute atomic E-state index is 12.8. The third-order valence-corrected chi connectivity index (χ3v) is 6.31. The molecule has 26 heavy (non-hydrogen) atoms. The number of aryl methyl sites for hydroxylation is 1. The molecule has 2 unspecified atom stereocenters. The Morgan fingerprint density at radius 2 is 2.00 bits per heavy atom. The number of carbonyl (C=O) groups excluding carboxylic acids is 1. The first-order chi connectivity index (χ1) is 12.6. The molecule has 0 bridgehead atoms. The molecule has 3 aromatic rings. The van der Waals surface area contributed by atoms with Crippen molar-refractivity contribution in [1.29, 1.82) is 0 Å². The van der Waals surface area contributed by atoms with E-state index in [0.29, 0.717) is 0 Å². The molecule has 2 atom stereocenters. The zero-order chi connectivity index (χ0) is 18.1. The SMILES string of the molecule is Cc1ccccc1NC(=O)C(C)N1CCCC1c1nc2ccccc2s1. The van der Waals surface area contributed by atoms with Gasteiger partial charge in [-0.3, -0.25) is 9.69 Å². The Morgan fingerprint density at radius 3 is 2.81 bits per heavy atom. The Bertz CT molecular complexity index is 903. The average molecular weight is 366 g/mol. The molecule has 1 aliphatic heterocycles. The number of fused-ring (bicyclic) bond motifs is 1. The summed E-state index contributed by atoms with van der Waals surface area (Å²) in [5, 5.41) is 4.21. The normalized spacial score (nSPS) is 18.9. The number of anilines is 1. The molecule has 1 amide bonds. The van der Waals surface area contributed by atoms with Crippen molar-refractivity contribution in [2.75, 3.05) is 11.9 Å². The van der Waals surface area contributed by atoms with Crippen molar-refractivity contribution < 1.29 is 4.79 Å². The maximum Gasteiger partial charge on any atom is 0.241 e. The molecule has 2 aromatic carbocycles. The molecule has 1 aromatic heterocycles. The Morgan fingerprint density at radius 1 is 1.23 bits per heavy atom. The highest BCUT2D eigenvalue weighted by Gasteiger charge is 2.34. The number of hydrogen-bond donors (Lipinski definition) is 1. The van der Waals surface area contributed by atoms with E-state index >= 15 is 0 Å². The van der Waals surface area contributed by atoms with Gasteiger partial charge in [0.2, 0.25) is 5.91 Å². The topological polar surface area (TPSA) is 45.2 Å². The van der Waals surface area contributed by atoms with Crippen LogP contribution >= 0.6 is 11.3 Å². The van der Waals surface area contributed by atoms with Gasteiger partial charge < -0.3 is 5.32 Å². The van der Waals surface area contributed by atoms with Gasteiger partial charge in [0.15, 0.2) is 0 Å². The second-order valence-electron chi connectivity index (χ2n) is 6.90. The summed E-state index contributed by atoms with van der Waals surface area (Å²) in [6, 6.07) is 16.2. The van der Waals surface area contributed by atoms with Gasteiger partial charge in [0.25, 0.3) is 0 Å². The second kappa shape index (κ2) is 7.17. The first-order valence-corrected chi connectivity index (χ1v) is 9.93. The van der Waals surface area contributed by atoms with Crippen molar-refractivity contribution in [3.05, 3.63) is 59.1 Å². The zero-order valence-electron chi connectivity index (χ0n) is 15.1. The van der Waals surface area contributed by atoms with Crippen molar-refractivity contribution in [3.63, 3.8) is 0 Å². The van der Waals surface area contributed by atoms with E-state index in [1.807, 2.05) is 44.2 Å². The van der Waals surface area contributed by atoms with E-state index < -0.39 is 0 Å². The first-order valence-electron chi connectivity index (χ1n) is 9.11. The van der Waals surface area contributed by atoms with Gasteiger partial charge in [-0.2, -0.15) is 0 Å². The minimum Gasteiger partial charge on any atom is -0.324 e. The van der Waals surface area contributed by atoms with E-state index in [1.54, 1.807) is 11.3 Å².